The van der Waals surface area contributed by atoms with Gasteiger partial charge >= 0.3 is 6.09 Å². The highest BCUT2D eigenvalue weighted by molar-refractivity contribution is 7.80. The lowest BCUT2D eigenvalue weighted by Gasteiger charge is -2.34. The van der Waals surface area contributed by atoms with E-state index >= 15 is 0 Å². The van der Waals surface area contributed by atoms with Gasteiger partial charge in [-0.15, -0.1) is 0 Å². The third-order valence-electron chi connectivity index (χ3n) is 3.95. The highest BCUT2D eigenvalue weighted by atomic mass is 32.1. The van der Waals surface area contributed by atoms with E-state index in [9.17, 15) is 9.18 Å². The van der Waals surface area contributed by atoms with Crippen LogP contribution in [0.1, 0.15) is 51.8 Å². The number of halogens is 1. The van der Waals surface area contributed by atoms with Crippen molar-refractivity contribution in [3.8, 4) is 0 Å². The fourth-order valence-electron chi connectivity index (χ4n) is 2.92. The van der Waals surface area contributed by atoms with Crippen molar-refractivity contribution in [2.75, 3.05) is 6.67 Å². The number of rotatable bonds is 3. The van der Waals surface area contributed by atoms with E-state index in [0.29, 0.717) is 0 Å². The van der Waals surface area contributed by atoms with Gasteiger partial charge in [-0.3, -0.25) is 4.90 Å². The second-order valence-electron chi connectivity index (χ2n) is 7.54. The van der Waals surface area contributed by atoms with Crippen molar-refractivity contribution in [3.63, 3.8) is 0 Å². The summed E-state index contributed by atoms with van der Waals surface area (Å²) < 4.78 is 25.3. The van der Waals surface area contributed by atoms with Crippen LogP contribution in [0.5, 0.6) is 0 Å². The Labute approximate surface area is 153 Å². The van der Waals surface area contributed by atoms with Crippen molar-refractivity contribution in [2.45, 2.75) is 58.1 Å². The molecule has 25 heavy (non-hydrogen) atoms. The summed E-state index contributed by atoms with van der Waals surface area (Å²) in [5.74, 6) is 0. The molecule has 138 valence electrons. The molecule has 0 aromatic heterocycles. The summed E-state index contributed by atoms with van der Waals surface area (Å²) in [5, 5.41) is 0. The first kappa shape index (κ1) is 19.6. The van der Waals surface area contributed by atoms with Gasteiger partial charge in [0, 0.05) is 5.56 Å². The van der Waals surface area contributed by atoms with Crippen LogP contribution in [0.2, 0.25) is 0 Å². The predicted octanol–water partition coefficient (Wildman–Crippen LogP) is 3.70. The second kappa shape index (κ2) is 6.88. The van der Waals surface area contributed by atoms with Gasteiger partial charge in [-0.2, -0.15) is 0 Å². The van der Waals surface area contributed by atoms with Gasteiger partial charge in [-0.1, -0.05) is 36.5 Å². The average Bonchev–Trinajstić information content (AvgIpc) is 2.76. The van der Waals surface area contributed by atoms with Crippen molar-refractivity contribution in [3.05, 3.63) is 35.4 Å². The summed E-state index contributed by atoms with van der Waals surface area (Å²) in [6, 6.07) is 6.33. The standard InChI is InChI=1S/C18H25FN2O3S/c1-17(2,3)24-16(22)21-13(10-19)14(23-18(21,4)5)11-6-8-12(9-7-11)15(20)25/h6-9,13-14H,10H2,1-5H3,(H2,20,25). The molecule has 1 amide bonds. The van der Waals surface area contributed by atoms with Gasteiger partial charge in [0.2, 0.25) is 0 Å². The zero-order valence-corrected chi connectivity index (χ0v) is 16.0. The van der Waals surface area contributed by atoms with Crippen LogP contribution in [0.4, 0.5) is 9.18 Å². The van der Waals surface area contributed by atoms with Gasteiger partial charge < -0.3 is 15.2 Å². The van der Waals surface area contributed by atoms with Crippen molar-refractivity contribution >= 4 is 23.3 Å². The molecule has 1 heterocycles. The molecule has 1 aliphatic heterocycles. The van der Waals surface area contributed by atoms with Crippen LogP contribution in [-0.4, -0.2) is 40.0 Å². The molecular weight excluding hydrogens is 343 g/mol. The fourth-order valence-corrected chi connectivity index (χ4v) is 3.06. The lowest BCUT2D eigenvalue weighted by atomic mass is 10.0. The Balaban J connectivity index is 2.32. The van der Waals surface area contributed by atoms with Crippen LogP contribution in [0.3, 0.4) is 0 Å². The molecule has 0 spiro atoms. The van der Waals surface area contributed by atoms with Gasteiger partial charge in [-0.05, 0) is 40.2 Å². The minimum atomic E-state index is -0.994. The highest BCUT2D eigenvalue weighted by Gasteiger charge is 2.51. The molecule has 7 heteroatoms. The highest BCUT2D eigenvalue weighted by Crippen LogP contribution is 2.42. The average molecular weight is 368 g/mol. The Morgan fingerprint density at radius 3 is 2.36 bits per heavy atom. The van der Waals surface area contributed by atoms with Gasteiger partial charge in [-0.25, -0.2) is 9.18 Å². The molecule has 1 saturated heterocycles. The summed E-state index contributed by atoms with van der Waals surface area (Å²) in [6.45, 7) is 8.01. The summed E-state index contributed by atoms with van der Waals surface area (Å²) >= 11 is 4.94. The Hall–Kier alpha value is -1.73. The number of nitrogens with zero attached hydrogens (tertiary/aromatic N) is 1. The predicted molar refractivity (Wildman–Crippen MR) is 98.1 cm³/mol. The van der Waals surface area contributed by atoms with E-state index in [1.807, 2.05) is 0 Å². The molecule has 5 nitrogen and oxygen atoms in total. The van der Waals surface area contributed by atoms with E-state index in [1.165, 1.54) is 4.90 Å². The van der Waals surface area contributed by atoms with Crippen LogP contribution in [0, 0.1) is 0 Å². The molecule has 2 unspecified atom stereocenters. The molecular formula is C18H25FN2O3S. The maximum Gasteiger partial charge on any atom is 0.413 e. The number of amides is 1. The Kier molecular flexibility index (Phi) is 5.39. The molecule has 1 fully saturated rings. The number of benzene rings is 1. The van der Waals surface area contributed by atoms with E-state index in [1.54, 1.807) is 58.9 Å². The molecule has 2 atom stereocenters. The van der Waals surface area contributed by atoms with Crippen LogP contribution in [0.15, 0.2) is 24.3 Å². The smallest absolute Gasteiger partial charge is 0.413 e. The van der Waals surface area contributed by atoms with Crippen LogP contribution < -0.4 is 5.73 Å². The third kappa shape index (κ3) is 4.27. The number of hydrogen-bond donors (Lipinski definition) is 1. The third-order valence-corrected chi connectivity index (χ3v) is 4.18. The Morgan fingerprint density at radius 2 is 1.92 bits per heavy atom. The van der Waals surface area contributed by atoms with Crippen molar-refractivity contribution in [2.24, 2.45) is 5.73 Å². The van der Waals surface area contributed by atoms with E-state index in [-0.39, 0.29) is 4.99 Å². The maximum atomic E-state index is 13.9. The number of thiocarbonyl (C=S) groups is 1. The minimum Gasteiger partial charge on any atom is -0.444 e. The van der Waals surface area contributed by atoms with Crippen LogP contribution >= 0.6 is 12.2 Å². The second-order valence-corrected chi connectivity index (χ2v) is 7.98. The van der Waals surface area contributed by atoms with Crippen molar-refractivity contribution in [1.82, 2.24) is 4.90 Å². The van der Waals surface area contributed by atoms with E-state index < -0.39 is 36.2 Å². The first-order valence-corrected chi connectivity index (χ1v) is 8.53. The molecule has 1 aliphatic rings. The first-order chi connectivity index (χ1) is 11.5. The topological polar surface area (TPSA) is 64.8 Å². The molecule has 1 aromatic carbocycles. The molecule has 0 saturated carbocycles. The number of hydrogen-bond acceptors (Lipinski definition) is 4. The fraction of sp³-hybridized carbons (Fsp3) is 0.556. The molecule has 1 aromatic rings. The summed E-state index contributed by atoms with van der Waals surface area (Å²) in [6.07, 6.45) is -1.20. The zero-order chi connectivity index (χ0) is 19.0. The summed E-state index contributed by atoms with van der Waals surface area (Å²) in [7, 11) is 0. The Morgan fingerprint density at radius 1 is 1.36 bits per heavy atom. The molecule has 2 N–H and O–H groups in total. The number of alkyl halides is 1. The van der Waals surface area contributed by atoms with E-state index in [2.05, 4.69) is 0 Å². The summed E-state index contributed by atoms with van der Waals surface area (Å²) in [4.78, 5) is 14.2. The molecule has 0 radical (unpaired) electrons. The number of carbonyl (C=O) groups excluding carboxylic acids is 1. The number of carbonyl (C=O) groups is 1. The van der Waals surface area contributed by atoms with Crippen LogP contribution in [-0.2, 0) is 9.47 Å². The van der Waals surface area contributed by atoms with E-state index in [4.69, 9.17) is 27.4 Å². The minimum absolute atomic E-state index is 0.289. The van der Waals surface area contributed by atoms with E-state index in [0.717, 1.165) is 11.1 Å². The SMILES string of the molecule is CC(C)(C)OC(=O)N1C(CF)C(c2ccc(C(N)=S)cc2)OC1(C)C. The van der Waals surface area contributed by atoms with Crippen LogP contribution in [0.25, 0.3) is 0 Å². The lowest BCUT2D eigenvalue weighted by molar-refractivity contribution is -0.0797. The number of ether oxygens (including phenoxy) is 2. The largest absolute Gasteiger partial charge is 0.444 e. The zero-order valence-electron chi connectivity index (χ0n) is 15.2. The van der Waals surface area contributed by atoms with Crippen molar-refractivity contribution < 1.29 is 18.7 Å². The van der Waals surface area contributed by atoms with Gasteiger partial charge in [0.1, 0.15) is 29.1 Å². The van der Waals surface area contributed by atoms with Gasteiger partial charge in [0.15, 0.2) is 0 Å². The van der Waals surface area contributed by atoms with Gasteiger partial charge in [0.25, 0.3) is 0 Å². The lowest BCUT2D eigenvalue weighted by Crippen LogP contribution is -2.50. The Bertz CT molecular complexity index is 655. The normalized spacial score (nSPS) is 22.7. The quantitative estimate of drug-likeness (QED) is 0.824. The number of nitrogens with two attached hydrogens (primary N) is 1. The monoisotopic (exact) mass is 368 g/mol. The van der Waals surface area contributed by atoms with Gasteiger partial charge in [0.05, 0.1) is 6.04 Å². The maximum absolute atomic E-state index is 13.9. The van der Waals surface area contributed by atoms with Crippen molar-refractivity contribution in [1.29, 1.82) is 0 Å². The summed E-state index contributed by atoms with van der Waals surface area (Å²) in [5.41, 5.74) is 5.41. The first-order valence-electron chi connectivity index (χ1n) is 8.12. The molecule has 0 aliphatic carbocycles. The molecule has 2 rings (SSSR count). The molecule has 0 bridgehead atoms.